The highest BCUT2D eigenvalue weighted by atomic mass is 32.2. The molecule has 0 bridgehead atoms. The number of aromatic amines is 1. The molecule has 1 N–H and O–H groups in total. The van der Waals surface area contributed by atoms with Crippen molar-refractivity contribution < 1.29 is 17.6 Å². The summed E-state index contributed by atoms with van der Waals surface area (Å²) in [5, 5.41) is 0.240. The van der Waals surface area contributed by atoms with Gasteiger partial charge in [-0.3, -0.25) is 9.10 Å². The first-order valence-corrected chi connectivity index (χ1v) is 17.4. The molecule has 3 aromatic carbocycles. The minimum absolute atomic E-state index is 0.0482. The molecule has 2 heterocycles. The molecule has 0 saturated carbocycles. The van der Waals surface area contributed by atoms with E-state index in [-0.39, 0.29) is 28.8 Å². The number of ether oxygens (including phenoxy) is 1. The zero-order chi connectivity index (χ0) is 28.9. The number of nitrogens with zero attached hydrogens (tertiary/aromatic N) is 2. The summed E-state index contributed by atoms with van der Waals surface area (Å²) >= 11 is 0. The van der Waals surface area contributed by atoms with Crippen molar-refractivity contribution in [3.8, 4) is 11.4 Å². The molecular weight excluding hydrogens is 546 g/mol. The molecule has 11 heteroatoms. The van der Waals surface area contributed by atoms with Gasteiger partial charge in [-0.25, -0.2) is 17.8 Å². The van der Waals surface area contributed by atoms with E-state index in [2.05, 4.69) is 38.8 Å². The van der Waals surface area contributed by atoms with E-state index >= 15 is 0 Å². The largest absolute Gasteiger partial charge is 0.489 e. The predicted molar refractivity (Wildman–Crippen MR) is 159 cm³/mol. The van der Waals surface area contributed by atoms with Crippen molar-refractivity contribution in [2.24, 2.45) is 0 Å². The molecule has 1 unspecified atom stereocenters. The number of nitrogens with one attached hydrogen (secondary N) is 1. The number of hydrogen-bond acceptors (Lipinski definition) is 6. The van der Waals surface area contributed by atoms with E-state index in [4.69, 9.17) is 9.16 Å². The van der Waals surface area contributed by atoms with Crippen LogP contribution < -0.4 is 20.3 Å². The standard InChI is InChI=1S/C29H33N3O6SSi/c1-29(2,3)40(4,5)38-21-18-31(25-15-8-9-16-26(25)37-19-21)39(35,36)22-12-10-11-20(17-22)32-27(33)23-13-6-7-14-24(23)30-28(32)34/h6-17,21H,18-19H2,1-5H3,(H,30,34). The van der Waals surface area contributed by atoms with E-state index in [1.165, 1.54) is 28.6 Å². The molecule has 0 radical (unpaired) electrons. The first-order valence-electron chi connectivity index (χ1n) is 13.1. The van der Waals surface area contributed by atoms with Crippen LogP contribution in [0.5, 0.6) is 5.75 Å². The van der Waals surface area contributed by atoms with Gasteiger partial charge in [0.1, 0.15) is 12.4 Å². The van der Waals surface area contributed by atoms with Gasteiger partial charge in [-0.05, 0) is 60.6 Å². The Morgan fingerprint density at radius 1 is 0.975 bits per heavy atom. The van der Waals surface area contributed by atoms with Crippen LogP contribution in [0.25, 0.3) is 16.6 Å². The van der Waals surface area contributed by atoms with E-state index in [1.807, 2.05) is 0 Å². The van der Waals surface area contributed by atoms with Crippen molar-refractivity contribution in [2.45, 2.75) is 49.9 Å². The Labute approximate surface area is 234 Å². The van der Waals surface area contributed by atoms with Crippen molar-refractivity contribution >= 4 is 34.9 Å². The number of benzene rings is 3. The number of rotatable bonds is 5. The molecule has 210 valence electrons. The second-order valence-electron chi connectivity index (χ2n) is 11.4. The highest BCUT2D eigenvalue weighted by Gasteiger charge is 2.41. The second kappa shape index (κ2) is 10.1. The molecule has 1 aliphatic rings. The average Bonchev–Trinajstić information content (AvgIpc) is 3.08. The molecule has 0 saturated heterocycles. The zero-order valence-corrected chi connectivity index (χ0v) is 25.0. The summed E-state index contributed by atoms with van der Waals surface area (Å²) in [6.07, 6.45) is -0.503. The fourth-order valence-corrected chi connectivity index (χ4v) is 7.38. The van der Waals surface area contributed by atoms with Crippen molar-refractivity contribution in [1.82, 2.24) is 9.55 Å². The molecule has 0 amide bonds. The van der Waals surface area contributed by atoms with Crippen molar-refractivity contribution in [1.29, 1.82) is 0 Å². The van der Waals surface area contributed by atoms with E-state index in [0.717, 1.165) is 4.57 Å². The Balaban J connectivity index is 1.59. The lowest BCUT2D eigenvalue weighted by Gasteiger charge is -2.39. The van der Waals surface area contributed by atoms with Crippen LogP contribution in [0.1, 0.15) is 20.8 Å². The third kappa shape index (κ3) is 5.00. The second-order valence-corrected chi connectivity index (χ2v) is 18.0. The van der Waals surface area contributed by atoms with Crippen LogP contribution in [0.2, 0.25) is 18.1 Å². The number of para-hydroxylation sites is 3. The minimum atomic E-state index is -4.16. The monoisotopic (exact) mass is 579 g/mol. The van der Waals surface area contributed by atoms with Gasteiger partial charge in [0.2, 0.25) is 0 Å². The van der Waals surface area contributed by atoms with Crippen LogP contribution in [0.4, 0.5) is 5.69 Å². The summed E-state index contributed by atoms with van der Waals surface area (Å²) in [6.45, 7) is 10.9. The van der Waals surface area contributed by atoms with Crippen LogP contribution >= 0.6 is 0 Å². The normalized spacial score (nSPS) is 16.3. The summed E-state index contributed by atoms with van der Waals surface area (Å²) < 4.78 is 43.4. The molecule has 5 rings (SSSR count). The van der Waals surface area contributed by atoms with Gasteiger partial charge in [-0.1, -0.05) is 51.1 Å². The van der Waals surface area contributed by atoms with Crippen molar-refractivity contribution in [3.05, 3.63) is 93.6 Å². The predicted octanol–water partition coefficient (Wildman–Crippen LogP) is 4.66. The molecular formula is C29H33N3O6SSi. The van der Waals surface area contributed by atoms with Crippen LogP contribution in [0.3, 0.4) is 0 Å². The Morgan fingerprint density at radius 3 is 2.42 bits per heavy atom. The lowest BCUT2D eigenvalue weighted by molar-refractivity contribution is 0.127. The van der Waals surface area contributed by atoms with Gasteiger partial charge in [0.05, 0.1) is 39.8 Å². The fraction of sp³-hybridized carbons (Fsp3) is 0.310. The maximum Gasteiger partial charge on any atom is 0.333 e. The first kappa shape index (κ1) is 27.9. The van der Waals surface area contributed by atoms with E-state index in [1.54, 1.807) is 48.5 Å². The zero-order valence-electron chi connectivity index (χ0n) is 23.2. The topological polar surface area (TPSA) is 111 Å². The van der Waals surface area contributed by atoms with E-state index in [0.29, 0.717) is 22.3 Å². The third-order valence-electron chi connectivity index (χ3n) is 7.66. The molecule has 0 spiro atoms. The van der Waals surface area contributed by atoms with Crippen molar-refractivity contribution in [2.75, 3.05) is 17.5 Å². The Morgan fingerprint density at radius 2 is 1.68 bits per heavy atom. The highest BCUT2D eigenvalue weighted by molar-refractivity contribution is 7.92. The van der Waals surface area contributed by atoms with Gasteiger partial charge in [0.25, 0.3) is 15.6 Å². The van der Waals surface area contributed by atoms with E-state index < -0.39 is 35.7 Å². The van der Waals surface area contributed by atoms with Gasteiger partial charge in [-0.2, -0.15) is 0 Å². The van der Waals surface area contributed by atoms with Gasteiger partial charge in [-0.15, -0.1) is 0 Å². The Hall–Kier alpha value is -3.67. The number of sulfonamides is 1. The number of anilines is 1. The van der Waals surface area contributed by atoms with Crippen LogP contribution in [-0.2, 0) is 14.4 Å². The molecule has 1 aromatic heterocycles. The van der Waals surface area contributed by atoms with Crippen molar-refractivity contribution in [3.63, 3.8) is 0 Å². The number of hydrogen-bond donors (Lipinski definition) is 1. The molecule has 1 atom stereocenters. The van der Waals surface area contributed by atoms with Crippen LogP contribution in [0, 0.1) is 0 Å². The molecule has 0 fully saturated rings. The van der Waals surface area contributed by atoms with Gasteiger partial charge >= 0.3 is 5.69 Å². The number of aromatic nitrogens is 2. The lowest BCUT2D eigenvalue weighted by Crippen LogP contribution is -2.49. The van der Waals surface area contributed by atoms with Gasteiger partial charge in [0.15, 0.2) is 8.32 Å². The minimum Gasteiger partial charge on any atom is -0.489 e. The maximum absolute atomic E-state index is 14.2. The molecule has 9 nitrogen and oxygen atoms in total. The van der Waals surface area contributed by atoms with E-state index in [9.17, 15) is 18.0 Å². The molecule has 1 aliphatic heterocycles. The fourth-order valence-electron chi connectivity index (χ4n) is 4.50. The molecule has 40 heavy (non-hydrogen) atoms. The molecule has 4 aromatic rings. The van der Waals surface area contributed by atoms with Gasteiger partial charge in [0, 0.05) is 0 Å². The maximum atomic E-state index is 14.2. The summed E-state index contributed by atoms with van der Waals surface area (Å²) in [5.74, 6) is 0.436. The highest BCUT2D eigenvalue weighted by Crippen LogP contribution is 2.40. The average molecular weight is 580 g/mol. The Bertz CT molecular complexity index is 1810. The smallest absolute Gasteiger partial charge is 0.333 e. The lowest BCUT2D eigenvalue weighted by atomic mass is 10.2. The van der Waals surface area contributed by atoms with Gasteiger partial charge < -0.3 is 14.1 Å². The summed E-state index contributed by atoms with van der Waals surface area (Å²) in [6, 6.07) is 19.5. The summed E-state index contributed by atoms with van der Waals surface area (Å²) in [7, 11) is -6.41. The summed E-state index contributed by atoms with van der Waals surface area (Å²) in [4.78, 5) is 28.8. The number of H-pyrrole nitrogens is 1. The molecule has 0 aliphatic carbocycles. The van der Waals surface area contributed by atoms with Crippen LogP contribution in [0.15, 0.2) is 87.3 Å². The SMILES string of the molecule is CC(C)(C)[Si](C)(C)OC1COc2ccccc2N(S(=O)(=O)c2cccc(-n3c(=O)[nH]c4ccccc4c3=O)c2)C1. The number of fused-ring (bicyclic) bond motifs is 2. The summed E-state index contributed by atoms with van der Waals surface area (Å²) in [5.41, 5.74) is -0.243. The quantitative estimate of drug-likeness (QED) is 0.345. The Kier molecular flexibility index (Phi) is 7.01. The third-order valence-corrected chi connectivity index (χ3v) is 14.0. The first-order chi connectivity index (χ1) is 18.8. The van der Waals surface area contributed by atoms with Crippen LogP contribution in [-0.4, -0.2) is 45.5 Å².